The van der Waals surface area contributed by atoms with Crippen molar-refractivity contribution in [3.8, 4) is 0 Å². The minimum atomic E-state index is -0.312. The summed E-state index contributed by atoms with van der Waals surface area (Å²) in [4.78, 5) is 24.1. The Labute approximate surface area is 174 Å². The predicted molar refractivity (Wildman–Crippen MR) is 118 cm³/mol. The number of nitrogens with zero attached hydrogens (tertiary/aromatic N) is 1. The summed E-state index contributed by atoms with van der Waals surface area (Å²) in [5, 5.41) is 9.81. The number of benzene rings is 3. The van der Waals surface area contributed by atoms with Gasteiger partial charge in [-0.15, -0.1) is 0 Å². The van der Waals surface area contributed by atoms with Crippen LogP contribution in [0.25, 0.3) is 10.8 Å². The van der Waals surface area contributed by atoms with Gasteiger partial charge >= 0.3 is 0 Å². The standard InChI is InChI=1S/C23H22ClN3O2/c1-15-13-20(24)9-10-21(15)25-22(28)11-12-23(29)27-26-16(2)18-8-7-17-5-3-4-6-19(17)14-18/h3-10,13-14H,11-12H2,1-2H3,(H,25,28)(H,27,29). The normalized spacial score (nSPS) is 11.3. The number of anilines is 1. The number of rotatable bonds is 6. The molecule has 0 unspecified atom stereocenters. The first-order chi connectivity index (χ1) is 13.9. The van der Waals surface area contributed by atoms with Gasteiger partial charge in [-0.1, -0.05) is 48.0 Å². The Morgan fingerprint density at radius 2 is 1.66 bits per heavy atom. The van der Waals surface area contributed by atoms with Crippen LogP contribution in [0.4, 0.5) is 5.69 Å². The third-order valence-corrected chi connectivity index (χ3v) is 4.79. The van der Waals surface area contributed by atoms with Gasteiger partial charge < -0.3 is 5.32 Å². The van der Waals surface area contributed by atoms with Crippen LogP contribution in [0.2, 0.25) is 5.02 Å². The summed E-state index contributed by atoms with van der Waals surface area (Å²) < 4.78 is 0. The second-order valence-corrected chi connectivity index (χ2v) is 7.24. The van der Waals surface area contributed by atoms with Gasteiger partial charge in [0.15, 0.2) is 0 Å². The van der Waals surface area contributed by atoms with Gasteiger partial charge in [-0.2, -0.15) is 5.10 Å². The number of halogens is 1. The number of amides is 2. The lowest BCUT2D eigenvalue weighted by molar-refractivity contribution is -0.124. The predicted octanol–water partition coefficient (Wildman–Crippen LogP) is 5.06. The summed E-state index contributed by atoms with van der Waals surface area (Å²) in [5.74, 6) is -0.547. The van der Waals surface area contributed by atoms with Crippen LogP contribution in [0.3, 0.4) is 0 Å². The lowest BCUT2D eigenvalue weighted by Crippen LogP contribution is -2.22. The third-order valence-electron chi connectivity index (χ3n) is 4.56. The molecule has 0 radical (unpaired) electrons. The SMILES string of the molecule is CC(=NNC(=O)CCC(=O)Nc1ccc(Cl)cc1C)c1ccc2ccccc2c1. The topological polar surface area (TPSA) is 70.6 Å². The molecule has 2 N–H and O–H groups in total. The van der Waals surface area contributed by atoms with Crippen LogP contribution >= 0.6 is 11.6 Å². The first-order valence-electron chi connectivity index (χ1n) is 9.30. The molecule has 0 aliphatic rings. The van der Waals surface area contributed by atoms with Crippen LogP contribution in [0.5, 0.6) is 0 Å². The Hall–Kier alpha value is -3.18. The zero-order chi connectivity index (χ0) is 20.8. The molecule has 0 aliphatic heterocycles. The van der Waals surface area contributed by atoms with Crippen LogP contribution in [0.15, 0.2) is 65.8 Å². The van der Waals surface area contributed by atoms with Crippen molar-refractivity contribution in [2.24, 2.45) is 5.10 Å². The van der Waals surface area contributed by atoms with E-state index in [0.717, 1.165) is 21.9 Å². The number of hydrogen-bond donors (Lipinski definition) is 2. The third kappa shape index (κ3) is 5.65. The minimum absolute atomic E-state index is 0.0486. The second-order valence-electron chi connectivity index (χ2n) is 6.80. The number of hydrazone groups is 1. The minimum Gasteiger partial charge on any atom is -0.326 e. The smallest absolute Gasteiger partial charge is 0.240 e. The van der Waals surface area contributed by atoms with E-state index >= 15 is 0 Å². The van der Waals surface area contributed by atoms with E-state index in [1.54, 1.807) is 18.2 Å². The van der Waals surface area contributed by atoms with Gasteiger partial charge in [0.1, 0.15) is 0 Å². The zero-order valence-corrected chi connectivity index (χ0v) is 17.1. The molecule has 0 atom stereocenters. The van der Waals surface area contributed by atoms with Gasteiger partial charge in [-0.05, 0) is 60.0 Å². The van der Waals surface area contributed by atoms with Crippen molar-refractivity contribution >= 4 is 45.6 Å². The van der Waals surface area contributed by atoms with Gasteiger partial charge in [-0.3, -0.25) is 9.59 Å². The van der Waals surface area contributed by atoms with Gasteiger partial charge in [0.05, 0.1) is 5.71 Å². The molecule has 0 bridgehead atoms. The van der Waals surface area contributed by atoms with Crippen LogP contribution in [-0.4, -0.2) is 17.5 Å². The maximum Gasteiger partial charge on any atom is 0.240 e. The first-order valence-corrected chi connectivity index (χ1v) is 9.68. The molecule has 3 aromatic carbocycles. The first kappa shape index (κ1) is 20.6. The molecule has 0 heterocycles. The summed E-state index contributed by atoms with van der Waals surface area (Å²) in [6.07, 6.45) is 0.116. The Balaban J connectivity index is 1.52. The highest BCUT2D eigenvalue weighted by atomic mass is 35.5. The quantitative estimate of drug-likeness (QED) is 0.442. The zero-order valence-electron chi connectivity index (χ0n) is 16.3. The Kier molecular flexibility index (Phi) is 6.62. The second kappa shape index (κ2) is 9.34. The Bertz CT molecular complexity index is 1090. The van der Waals surface area contributed by atoms with Crippen molar-refractivity contribution in [3.63, 3.8) is 0 Å². The highest BCUT2D eigenvalue weighted by molar-refractivity contribution is 6.30. The van der Waals surface area contributed by atoms with E-state index in [-0.39, 0.29) is 24.7 Å². The summed E-state index contributed by atoms with van der Waals surface area (Å²) in [5.41, 5.74) is 5.70. The van der Waals surface area contributed by atoms with E-state index in [0.29, 0.717) is 16.4 Å². The van der Waals surface area contributed by atoms with E-state index in [2.05, 4.69) is 15.8 Å². The van der Waals surface area contributed by atoms with Crippen molar-refractivity contribution < 1.29 is 9.59 Å². The van der Waals surface area contributed by atoms with Crippen molar-refractivity contribution in [1.29, 1.82) is 0 Å². The lowest BCUT2D eigenvalue weighted by Gasteiger charge is -2.08. The van der Waals surface area contributed by atoms with Gasteiger partial charge in [0.25, 0.3) is 0 Å². The highest BCUT2D eigenvalue weighted by Crippen LogP contribution is 2.20. The molecular formula is C23H22ClN3O2. The molecule has 0 aromatic heterocycles. The molecule has 29 heavy (non-hydrogen) atoms. The summed E-state index contributed by atoms with van der Waals surface area (Å²) in [7, 11) is 0. The Morgan fingerprint density at radius 3 is 2.41 bits per heavy atom. The van der Waals surface area contributed by atoms with Gasteiger partial charge in [0.2, 0.25) is 11.8 Å². The molecule has 148 valence electrons. The fraction of sp³-hybridized carbons (Fsp3) is 0.174. The number of carbonyl (C=O) groups excluding carboxylic acids is 2. The van der Waals surface area contributed by atoms with Crippen LogP contribution in [0.1, 0.15) is 30.9 Å². The van der Waals surface area contributed by atoms with Crippen molar-refractivity contribution in [3.05, 3.63) is 76.8 Å². The Morgan fingerprint density at radius 1 is 0.931 bits per heavy atom. The van der Waals surface area contributed by atoms with Crippen LogP contribution < -0.4 is 10.7 Å². The maximum atomic E-state index is 12.1. The summed E-state index contributed by atoms with van der Waals surface area (Å²) >= 11 is 5.91. The number of nitrogens with one attached hydrogen (secondary N) is 2. The molecule has 3 rings (SSSR count). The van der Waals surface area contributed by atoms with E-state index < -0.39 is 0 Å². The average molecular weight is 408 g/mol. The molecule has 5 nitrogen and oxygen atoms in total. The van der Waals surface area contributed by atoms with Crippen molar-refractivity contribution in [1.82, 2.24) is 5.43 Å². The molecule has 0 fully saturated rings. The fourth-order valence-electron chi connectivity index (χ4n) is 2.89. The molecular weight excluding hydrogens is 386 g/mol. The molecule has 0 aliphatic carbocycles. The van der Waals surface area contributed by atoms with Gasteiger partial charge in [0, 0.05) is 23.6 Å². The van der Waals surface area contributed by atoms with Crippen molar-refractivity contribution in [2.45, 2.75) is 26.7 Å². The number of carbonyl (C=O) groups is 2. The fourth-order valence-corrected chi connectivity index (χ4v) is 3.11. The number of hydrogen-bond acceptors (Lipinski definition) is 3. The van der Waals surface area contributed by atoms with E-state index in [1.165, 1.54) is 0 Å². The lowest BCUT2D eigenvalue weighted by atomic mass is 10.0. The van der Waals surface area contributed by atoms with E-state index in [9.17, 15) is 9.59 Å². The summed E-state index contributed by atoms with van der Waals surface area (Å²) in [6.45, 7) is 3.69. The van der Waals surface area contributed by atoms with E-state index in [4.69, 9.17) is 11.6 Å². The molecule has 6 heteroatoms. The average Bonchev–Trinajstić information content (AvgIpc) is 2.72. The molecule has 3 aromatic rings. The van der Waals surface area contributed by atoms with Crippen LogP contribution in [-0.2, 0) is 9.59 Å². The highest BCUT2D eigenvalue weighted by Gasteiger charge is 2.09. The molecule has 0 saturated heterocycles. The number of aryl methyl sites for hydroxylation is 1. The van der Waals surface area contributed by atoms with E-state index in [1.807, 2.05) is 56.3 Å². The molecule has 0 saturated carbocycles. The largest absolute Gasteiger partial charge is 0.326 e. The summed E-state index contributed by atoms with van der Waals surface area (Å²) in [6, 6.07) is 19.3. The van der Waals surface area contributed by atoms with Gasteiger partial charge in [-0.25, -0.2) is 5.43 Å². The number of fused-ring (bicyclic) bond motifs is 1. The molecule has 2 amide bonds. The van der Waals surface area contributed by atoms with Crippen molar-refractivity contribution in [2.75, 3.05) is 5.32 Å². The monoisotopic (exact) mass is 407 g/mol. The maximum absolute atomic E-state index is 12.1. The molecule has 0 spiro atoms. The van der Waals surface area contributed by atoms with Crippen LogP contribution in [0, 0.1) is 6.92 Å².